The number of amides is 1. The molecule has 0 fully saturated rings. The Bertz CT molecular complexity index is 613. The summed E-state index contributed by atoms with van der Waals surface area (Å²) in [5.41, 5.74) is 1.51. The molecule has 1 heterocycles. The lowest BCUT2D eigenvalue weighted by molar-refractivity contribution is 0.0827. The summed E-state index contributed by atoms with van der Waals surface area (Å²) in [7, 11) is 4.72. The molecule has 118 valence electrons. The third-order valence-corrected chi connectivity index (χ3v) is 4.00. The Labute approximate surface area is 133 Å². The Balaban J connectivity index is 2.06. The fraction of sp³-hybridized carbons (Fsp3) is 0.312. The molecule has 2 aromatic rings. The van der Waals surface area contributed by atoms with E-state index in [1.165, 1.54) is 7.11 Å². The number of carbonyl (C=O) groups excluding carboxylic acids is 1. The summed E-state index contributed by atoms with van der Waals surface area (Å²) >= 11 is 1.60. The van der Waals surface area contributed by atoms with E-state index in [1.807, 2.05) is 16.8 Å². The SMILES string of the molecule is COc1ccc(C(=O)NCC(OC)c2ccsc2)c(OC)c1. The number of benzene rings is 1. The van der Waals surface area contributed by atoms with Crippen LogP contribution in [0.5, 0.6) is 11.5 Å². The maximum Gasteiger partial charge on any atom is 0.255 e. The number of thiophene rings is 1. The highest BCUT2D eigenvalue weighted by Crippen LogP contribution is 2.25. The first-order chi connectivity index (χ1) is 10.7. The first-order valence-electron chi connectivity index (χ1n) is 6.74. The maximum atomic E-state index is 12.3. The van der Waals surface area contributed by atoms with E-state index in [0.29, 0.717) is 23.6 Å². The molecule has 0 aliphatic rings. The van der Waals surface area contributed by atoms with Gasteiger partial charge in [0.15, 0.2) is 0 Å². The van der Waals surface area contributed by atoms with Crippen LogP contribution in [0, 0.1) is 0 Å². The van der Waals surface area contributed by atoms with Gasteiger partial charge in [-0.2, -0.15) is 11.3 Å². The Hall–Kier alpha value is -2.05. The van der Waals surface area contributed by atoms with Crippen LogP contribution in [-0.4, -0.2) is 33.8 Å². The van der Waals surface area contributed by atoms with Crippen molar-refractivity contribution in [3.05, 3.63) is 46.2 Å². The van der Waals surface area contributed by atoms with Gasteiger partial charge in [0.25, 0.3) is 5.91 Å². The smallest absolute Gasteiger partial charge is 0.255 e. The van der Waals surface area contributed by atoms with Gasteiger partial charge < -0.3 is 19.5 Å². The lowest BCUT2D eigenvalue weighted by Gasteiger charge is -2.16. The summed E-state index contributed by atoms with van der Waals surface area (Å²) in [6.45, 7) is 0.390. The number of rotatable bonds is 7. The summed E-state index contributed by atoms with van der Waals surface area (Å²) in [5, 5.41) is 6.86. The van der Waals surface area contributed by atoms with Crippen molar-refractivity contribution in [3.63, 3.8) is 0 Å². The van der Waals surface area contributed by atoms with E-state index in [2.05, 4.69) is 5.32 Å². The number of methoxy groups -OCH3 is 3. The Kier molecular flexibility index (Phi) is 5.80. The van der Waals surface area contributed by atoms with Crippen LogP contribution in [0.25, 0.3) is 0 Å². The average molecular weight is 321 g/mol. The van der Waals surface area contributed by atoms with Gasteiger partial charge in [0.2, 0.25) is 0 Å². The quantitative estimate of drug-likeness (QED) is 0.852. The van der Waals surface area contributed by atoms with E-state index >= 15 is 0 Å². The van der Waals surface area contributed by atoms with Crippen LogP contribution in [0.1, 0.15) is 22.0 Å². The van der Waals surface area contributed by atoms with Crippen molar-refractivity contribution < 1.29 is 19.0 Å². The third kappa shape index (κ3) is 3.78. The van der Waals surface area contributed by atoms with Crippen LogP contribution in [0.3, 0.4) is 0 Å². The topological polar surface area (TPSA) is 56.8 Å². The summed E-state index contributed by atoms with van der Waals surface area (Å²) in [4.78, 5) is 12.3. The van der Waals surface area contributed by atoms with Crippen molar-refractivity contribution >= 4 is 17.2 Å². The molecule has 0 aliphatic carbocycles. The van der Waals surface area contributed by atoms with Gasteiger partial charge in [0.05, 0.1) is 19.8 Å². The fourth-order valence-corrected chi connectivity index (χ4v) is 2.76. The standard InChI is InChI=1S/C16H19NO4S/c1-19-12-4-5-13(14(8-12)20-2)16(18)17-9-15(21-3)11-6-7-22-10-11/h4-8,10,15H,9H2,1-3H3,(H,17,18). The third-order valence-electron chi connectivity index (χ3n) is 3.30. The number of carbonyl (C=O) groups is 1. The van der Waals surface area contributed by atoms with Crippen molar-refractivity contribution in [1.29, 1.82) is 0 Å². The second-order valence-electron chi connectivity index (χ2n) is 4.56. The van der Waals surface area contributed by atoms with Crippen molar-refractivity contribution in [3.8, 4) is 11.5 Å². The van der Waals surface area contributed by atoms with Gasteiger partial charge in [0.1, 0.15) is 17.6 Å². The van der Waals surface area contributed by atoms with Crippen molar-refractivity contribution in [2.45, 2.75) is 6.10 Å². The monoisotopic (exact) mass is 321 g/mol. The number of nitrogens with one attached hydrogen (secondary N) is 1. The average Bonchev–Trinajstić information content (AvgIpc) is 3.09. The largest absolute Gasteiger partial charge is 0.497 e. The highest BCUT2D eigenvalue weighted by atomic mass is 32.1. The second-order valence-corrected chi connectivity index (χ2v) is 5.34. The van der Waals surface area contributed by atoms with Gasteiger partial charge in [-0.05, 0) is 34.5 Å². The molecule has 1 unspecified atom stereocenters. The summed E-state index contributed by atoms with van der Waals surface area (Å²) in [6, 6.07) is 7.07. The molecular weight excluding hydrogens is 302 g/mol. The molecule has 0 radical (unpaired) electrons. The molecule has 0 spiro atoms. The molecule has 1 aromatic heterocycles. The van der Waals surface area contributed by atoms with Gasteiger partial charge in [-0.1, -0.05) is 0 Å². The maximum absolute atomic E-state index is 12.3. The van der Waals surface area contributed by atoms with E-state index in [4.69, 9.17) is 14.2 Å². The number of hydrogen-bond donors (Lipinski definition) is 1. The normalized spacial score (nSPS) is 11.8. The van der Waals surface area contributed by atoms with Crippen LogP contribution < -0.4 is 14.8 Å². The summed E-state index contributed by atoms with van der Waals surface area (Å²) in [5.74, 6) is 0.902. The van der Waals surface area contributed by atoms with Gasteiger partial charge in [-0.15, -0.1) is 0 Å². The Morgan fingerprint density at radius 2 is 2.05 bits per heavy atom. The predicted molar refractivity (Wildman–Crippen MR) is 85.9 cm³/mol. The molecule has 1 N–H and O–H groups in total. The summed E-state index contributed by atoms with van der Waals surface area (Å²) < 4.78 is 15.8. The van der Waals surface area contributed by atoms with Crippen molar-refractivity contribution in [1.82, 2.24) is 5.32 Å². The molecule has 0 saturated carbocycles. The first-order valence-corrected chi connectivity index (χ1v) is 7.69. The molecule has 0 saturated heterocycles. The van der Waals surface area contributed by atoms with E-state index in [0.717, 1.165) is 5.56 Å². The lowest BCUT2D eigenvalue weighted by Crippen LogP contribution is -2.29. The van der Waals surface area contributed by atoms with Crippen LogP contribution in [0.4, 0.5) is 0 Å². The first kappa shape index (κ1) is 16.3. The molecule has 1 atom stereocenters. The minimum Gasteiger partial charge on any atom is -0.497 e. The highest BCUT2D eigenvalue weighted by Gasteiger charge is 2.16. The van der Waals surface area contributed by atoms with Gasteiger partial charge in [-0.25, -0.2) is 0 Å². The molecule has 6 heteroatoms. The molecule has 1 amide bonds. The molecule has 0 bridgehead atoms. The van der Waals surface area contributed by atoms with Gasteiger partial charge >= 0.3 is 0 Å². The fourth-order valence-electron chi connectivity index (χ4n) is 2.06. The Morgan fingerprint density at radius 3 is 2.64 bits per heavy atom. The van der Waals surface area contributed by atoms with Crippen molar-refractivity contribution in [2.24, 2.45) is 0 Å². The molecule has 1 aromatic carbocycles. The lowest BCUT2D eigenvalue weighted by atomic mass is 10.1. The molecule has 0 aliphatic heterocycles. The van der Waals surface area contributed by atoms with E-state index < -0.39 is 0 Å². The van der Waals surface area contributed by atoms with Crippen LogP contribution in [-0.2, 0) is 4.74 Å². The zero-order valence-corrected chi connectivity index (χ0v) is 13.6. The highest BCUT2D eigenvalue weighted by molar-refractivity contribution is 7.07. The van der Waals surface area contributed by atoms with Gasteiger partial charge in [-0.3, -0.25) is 4.79 Å². The van der Waals surface area contributed by atoms with Crippen LogP contribution in [0.2, 0.25) is 0 Å². The molecule has 2 rings (SSSR count). The minimum absolute atomic E-state index is 0.167. The molecular formula is C16H19NO4S. The minimum atomic E-state index is -0.211. The molecule has 22 heavy (non-hydrogen) atoms. The number of hydrogen-bond acceptors (Lipinski definition) is 5. The van der Waals surface area contributed by atoms with Crippen molar-refractivity contribution in [2.75, 3.05) is 27.9 Å². The summed E-state index contributed by atoms with van der Waals surface area (Å²) in [6.07, 6.45) is -0.167. The van der Waals surface area contributed by atoms with Gasteiger partial charge in [0, 0.05) is 19.7 Å². The zero-order chi connectivity index (χ0) is 15.9. The van der Waals surface area contributed by atoms with Crippen LogP contribution in [0.15, 0.2) is 35.0 Å². The second kappa shape index (κ2) is 7.82. The van der Waals surface area contributed by atoms with E-state index in [1.54, 1.807) is 43.8 Å². The molecule has 5 nitrogen and oxygen atoms in total. The number of ether oxygens (including phenoxy) is 3. The van der Waals surface area contributed by atoms with E-state index in [-0.39, 0.29) is 12.0 Å². The Morgan fingerprint density at radius 1 is 1.23 bits per heavy atom. The zero-order valence-electron chi connectivity index (χ0n) is 12.8. The predicted octanol–water partition coefficient (Wildman–Crippen LogP) is 2.88. The van der Waals surface area contributed by atoms with E-state index in [9.17, 15) is 4.79 Å². The van der Waals surface area contributed by atoms with Crippen LogP contribution >= 0.6 is 11.3 Å².